The Labute approximate surface area is 85.1 Å². The number of carbonyl (C=O) groups is 1. The molecule has 1 fully saturated rings. The monoisotopic (exact) mass is 198 g/mol. The standard InChI is InChI=1S/C11H18O3/c1-6-7-11(5)8(12)13-9(14-11)10(2,3)4/h6,9H,1,7H2,2-5H3/t9?,11-/m1/s1. The zero-order valence-electron chi connectivity index (χ0n) is 9.29. The first-order valence-corrected chi connectivity index (χ1v) is 4.79. The van der Waals surface area contributed by atoms with Crippen molar-refractivity contribution in [3.63, 3.8) is 0 Å². The third-order valence-electron chi connectivity index (χ3n) is 2.25. The summed E-state index contributed by atoms with van der Waals surface area (Å²) in [7, 11) is 0. The van der Waals surface area contributed by atoms with Gasteiger partial charge in [0, 0.05) is 11.8 Å². The molecule has 0 aromatic rings. The smallest absolute Gasteiger partial charge is 0.340 e. The Morgan fingerprint density at radius 2 is 2.14 bits per heavy atom. The van der Waals surface area contributed by atoms with E-state index in [9.17, 15) is 4.79 Å². The second kappa shape index (κ2) is 3.39. The minimum absolute atomic E-state index is 0.186. The maximum absolute atomic E-state index is 11.5. The van der Waals surface area contributed by atoms with E-state index in [1.165, 1.54) is 0 Å². The second-order valence-electron chi connectivity index (χ2n) is 4.94. The molecule has 80 valence electrons. The van der Waals surface area contributed by atoms with Crippen LogP contribution in [0.25, 0.3) is 0 Å². The van der Waals surface area contributed by atoms with Crippen LogP contribution in [-0.4, -0.2) is 17.9 Å². The summed E-state index contributed by atoms with van der Waals surface area (Å²) in [6.07, 6.45) is 1.70. The molecular formula is C11H18O3. The lowest BCUT2D eigenvalue weighted by atomic mass is 9.96. The third kappa shape index (κ3) is 1.98. The van der Waals surface area contributed by atoms with Crippen molar-refractivity contribution in [2.75, 3.05) is 0 Å². The first-order valence-electron chi connectivity index (χ1n) is 4.79. The summed E-state index contributed by atoms with van der Waals surface area (Å²) in [6, 6.07) is 0. The van der Waals surface area contributed by atoms with Crippen molar-refractivity contribution in [1.82, 2.24) is 0 Å². The molecule has 0 spiro atoms. The average Bonchev–Trinajstić information content (AvgIpc) is 2.28. The van der Waals surface area contributed by atoms with Crippen LogP contribution < -0.4 is 0 Å². The van der Waals surface area contributed by atoms with Crippen LogP contribution in [-0.2, 0) is 14.3 Å². The van der Waals surface area contributed by atoms with Gasteiger partial charge in [0.25, 0.3) is 0 Å². The molecule has 0 saturated carbocycles. The molecule has 1 unspecified atom stereocenters. The van der Waals surface area contributed by atoms with Gasteiger partial charge >= 0.3 is 5.97 Å². The van der Waals surface area contributed by atoms with Gasteiger partial charge in [0.15, 0.2) is 5.60 Å². The highest BCUT2D eigenvalue weighted by molar-refractivity contribution is 5.80. The molecule has 1 rings (SSSR count). The number of hydrogen-bond acceptors (Lipinski definition) is 3. The minimum atomic E-state index is -0.848. The highest BCUT2D eigenvalue weighted by atomic mass is 16.8. The van der Waals surface area contributed by atoms with Crippen LogP contribution in [0.2, 0.25) is 0 Å². The Morgan fingerprint density at radius 1 is 1.57 bits per heavy atom. The number of carbonyl (C=O) groups excluding carboxylic acids is 1. The number of ether oxygens (including phenoxy) is 2. The van der Waals surface area contributed by atoms with E-state index in [0.717, 1.165) is 0 Å². The molecule has 0 bridgehead atoms. The first kappa shape index (κ1) is 11.2. The van der Waals surface area contributed by atoms with Crippen molar-refractivity contribution in [3.8, 4) is 0 Å². The van der Waals surface area contributed by atoms with E-state index < -0.39 is 11.9 Å². The topological polar surface area (TPSA) is 35.5 Å². The van der Waals surface area contributed by atoms with Gasteiger partial charge in [0.2, 0.25) is 6.29 Å². The van der Waals surface area contributed by atoms with Crippen LogP contribution >= 0.6 is 0 Å². The van der Waals surface area contributed by atoms with Gasteiger partial charge in [-0.1, -0.05) is 26.8 Å². The first-order chi connectivity index (χ1) is 6.29. The van der Waals surface area contributed by atoms with Crippen LogP contribution in [0.15, 0.2) is 12.7 Å². The van der Waals surface area contributed by atoms with Crippen molar-refractivity contribution in [3.05, 3.63) is 12.7 Å². The summed E-state index contributed by atoms with van der Waals surface area (Å²) >= 11 is 0. The number of cyclic esters (lactones) is 1. The Balaban J connectivity index is 2.78. The molecule has 1 aliphatic heterocycles. The van der Waals surface area contributed by atoms with E-state index in [1.807, 2.05) is 20.8 Å². The van der Waals surface area contributed by atoms with Gasteiger partial charge in [-0.2, -0.15) is 0 Å². The zero-order chi connectivity index (χ0) is 11.0. The zero-order valence-corrected chi connectivity index (χ0v) is 9.29. The summed E-state index contributed by atoms with van der Waals surface area (Å²) in [4.78, 5) is 11.5. The van der Waals surface area contributed by atoms with E-state index in [2.05, 4.69) is 6.58 Å². The van der Waals surface area contributed by atoms with Crippen LogP contribution in [0.5, 0.6) is 0 Å². The predicted molar refractivity (Wildman–Crippen MR) is 53.6 cm³/mol. The average molecular weight is 198 g/mol. The van der Waals surface area contributed by atoms with Crippen LogP contribution in [0, 0.1) is 5.41 Å². The highest BCUT2D eigenvalue weighted by Crippen LogP contribution is 2.36. The lowest BCUT2D eigenvalue weighted by Gasteiger charge is -2.25. The summed E-state index contributed by atoms with van der Waals surface area (Å²) in [5.41, 5.74) is -1.03. The fraction of sp³-hybridized carbons (Fsp3) is 0.727. The van der Waals surface area contributed by atoms with Crippen molar-refractivity contribution in [2.45, 2.75) is 46.0 Å². The SMILES string of the molecule is C=CC[C@@]1(C)OC(C(C)(C)C)OC1=O. The molecule has 3 nitrogen and oxygen atoms in total. The second-order valence-corrected chi connectivity index (χ2v) is 4.94. The van der Waals surface area contributed by atoms with E-state index in [1.54, 1.807) is 13.0 Å². The van der Waals surface area contributed by atoms with Crippen molar-refractivity contribution < 1.29 is 14.3 Å². The van der Waals surface area contributed by atoms with Gasteiger partial charge in [0.05, 0.1) is 0 Å². The lowest BCUT2D eigenvalue weighted by molar-refractivity contribution is -0.155. The van der Waals surface area contributed by atoms with Gasteiger partial charge in [-0.25, -0.2) is 4.79 Å². The molecule has 2 atom stereocenters. The molecule has 0 aromatic carbocycles. The van der Waals surface area contributed by atoms with E-state index in [-0.39, 0.29) is 11.4 Å². The Morgan fingerprint density at radius 3 is 2.50 bits per heavy atom. The molecular weight excluding hydrogens is 180 g/mol. The molecule has 0 radical (unpaired) electrons. The maximum Gasteiger partial charge on any atom is 0.340 e. The van der Waals surface area contributed by atoms with Gasteiger partial charge in [0.1, 0.15) is 0 Å². The number of esters is 1. The van der Waals surface area contributed by atoms with Crippen molar-refractivity contribution in [1.29, 1.82) is 0 Å². The Hall–Kier alpha value is -0.830. The molecule has 3 heteroatoms. The number of rotatable bonds is 2. The van der Waals surface area contributed by atoms with Gasteiger partial charge < -0.3 is 9.47 Å². The summed E-state index contributed by atoms with van der Waals surface area (Å²) in [5, 5.41) is 0. The minimum Gasteiger partial charge on any atom is -0.433 e. The summed E-state index contributed by atoms with van der Waals surface area (Å²) in [5.74, 6) is -0.294. The highest BCUT2D eigenvalue weighted by Gasteiger charge is 2.49. The van der Waals surface area contributed by atoms with Gasteiger partial charge in [-0.3, -0.25) is 0 Å². The summed E-state index contributed by atoms with van der Waals surface area (Å²) < 4.78 is 10.8. The van der Waals surface area contributed by atoms with Gasteiger partial charge in [-0.05, 0) is 6.92 Å². The fourth-order valence-electron chi connectivity index (χ4n) is 1.29. The molecule has 1 heterocycles. The van der Waals surface area contributed by atoms with Crippen LogP contribution in [0.1, 0.15) is 34.1 Å². The largest absolute Gasteiger partial charge is 0.433 e. The number of hydrogen-bond donors (Lipinski definition) is 0. The van der Waals surface area contributed by atoms with E-state index in [0.29, 0.717) is 6.42 Å². The predicted octanol–water partition coefficient (Wildman–Crippen LogP) is 2.27. The van der Waals surface area contributed by atoms with E-state index in [4.69, 9.17) is 9.47 Å². The van der Waals surface area contributed by atoms with Gasteiger partial charge in [-0.15, -0.1) is 6.58 Å². The summed E-state index contributed by atoms with van der Waals surface area (Å²) in [6.45, 7) is 11.3. The molecule has 0 N–H and O–H groups in total. The Bertz CT molecular complexity index is 252. The normalized spacial score (nSPS) is 32.9. The van der Waals surface area contributed by atoms with Crippen molar-refractivity contribution >= 4 is 5.97 Å². The van der Waals surface area contributed by atoms with Crippen LogP contribution in [0.4, 0.5) is 0 Å². The quantitative estimate of drug-likeness (QED) is 0.504. The molecule has 1 saturated heterocycles. The molecule has 0 aliphatic carbocycles. The molecule has 0 amide bonds. The van der Waals surface area contributed by atoms with Crippen LogP contribution in [0.3, 0.4) is 0 Å². The Kier molecular flexibility index (Phi) is 2.72. The van der Waals surface area contributed by atoms with E-state index >= 15 is 0 Å². The maximum atomic E-state index is 11.5. The third-order valence-corrected chi connectivity index (χ3v) is 2.25. The molecule has 0 aromatic heterocycles. The lowest BCUT2D eigenvalue weighted by Crippen LogP contribution is -2.33. The molecule has 14 heavy (non-hydrogen) atoms. The fourth-order valence-corrected chi connectivity index (χ4v) is 1.29. The molecule has 1 aliphatic rings. The van der Waals surface area contributed by atoms with Crippen molar-refractivity contribution in [2.24, 2.45) is 5.41 Å².